The molecule has 1 aromatic rings. The van der Waals surface area contributed by atoms with E-state index in [2.05, 4.69) is 4.18 Å². The first-order valence-electron chi connectivity index (χ1n) is 7.07. The molecule has 132 valence electrons. The highest BCUT2D eigenvalue weighted by atomic mass is 32.2. The molecule has 0 bridgehead atoms. The SMILES string of the molecule is O=C(OCc1ccccc1)C1CCC=CC1OS(=O)(=O)C(F)(F)F. The van der Waals surface area contributed by atoms with Crippen LogP contribution in [0, 0.1) is 5.92 Å². The maximum absolute atomic E-state index is 12.4. The van der Waals surface area contributed by atoms with Crippen LogP contribution < -0.4 is 0 Å². The normalized spacial score (nSPS) is 21.5. The van der Waals surface area contributed by atoms with E-state index in [0.29, 0.717) is 12.0 Å². The van der Waals surface area contributed by atoms with Gasteiger partial charge < -0.3 is 4.74 Å². The number of ether oxygens (including phenoxy) is 1. The number of hydrogen-bond donors (Lipinski definition) is 0. The van der Waals surface area contributed by atoms with Crippen molar-refractivity contribution in [2.24, 2.45) is 5.92 Å². The predicted molar refractivity (Wildman–Crippen MR) is 77.9 cm³/mol. The summed E-state index contributed by atoms with van der Waals surface area (Å²) in [4.78, 5) is 12.1. The molecule has 0 spiro atoms. The van der Waals surface area contributed by atoms with Crippen molar-refractivity contribution in [1.82, 2.24) is 0 Å². The van der Waals surface area contributed by atoms with Crippen molar-refractivity contribution < 1.29 is 35.3 Å². The summed E-state index contributed by atoms with van der Waals surface area (Å²) in [5.74, 6) is -1.92. The Labute approximate surface area is 137 Å². The van der Waals surface area contributed by atoms with Gasteiger partial charge in [-0.3, -0.25) is 8.98 Å². The molecular formula is C15H15F3O5S. The molecule has 0 heterocycles. The van der Waals surface area contributed by atoms with Gasteiger partial charge in [0.25, 0.3) is 0 Å². The molecule has 0 aromatic heterocycles. The van der Waals surface area contributed by atoms with Crippen LogP contribution in [0.5, 0.6) is 0 Å². The van der Waals surface area contributed by atoms with E-state index in [-0.39, 0.29) is 13.0 Å². The first-order chi connectivity index (χ1) is 11.2. The van der Waals surface area contributed by atoms with Gasteiger partial charge in [-0.05, 0) is 18.4 Å². The molecular weight excluding hydrogens is 349 g/mol. The van der Waals surface area contributed by atoms with Crippen LogP contribution in [0.15, 0.2) is 42.5 Å². The third-order valence-corrected chi connectivity index (χ3v) is 4.46. The van der Waals surface area contributed by atoms with E-state index in [9.17, 15) is 26.4 Å². The topological polar surface area (TPSA) is 69.7 Å². The summed E-state index contributed by atoms with van der Waals surface area (Å²) in [6, 6.07) is 8.71. The third-order valence-electron chi connectivity index (χ3n) is 3.41. The highest BCUT2D eigenvalue weighted by Gasteiger charge is 2.50. The third kappa shape index (κ3) is 4.57. The molecule has 2 rings (SSSR count). The molecule has 24 heavy (non-hydrogen) atoms. The van der Waals surface area contributed by atoms with E-state index >= 15 is 0 Å². The quantitative estimate of drug-likeness (QED) is 0.348. The molecule has 2 atom stereocenters. The molecule has 5 nitrogen and oxygen atoms in total. The van der Waals surface area contributed by atoms with Crippen LogP contribution in [-0.4, -0.2) is 26.0 Å². The molecule has 0 fully saturated rings. The van der Waals surface area contributed by atoms with E-state index in [1.54, 1.807) is 30.3 Å². The summed E-state index contributed by atoms with van der Waals surface area (Å²) >= 11 is 0. The molecule has 0 saturated heterocycles. The first kappa shape index (κ1) is 18.5. The van der Waals surface area contributed by atoms with Gasteiger partial charge in [0.05, 0.1) is 5.92 Å². The molecule has 0 saturated carbocycles. The smallest absolute Gasteiger partial charge is 0.461 e. The number of rotatable bonds is 5. The lowest BCUT2D eigenvalue weighted by atomic mass is 9.92. The summed E-state index contributed by atoms with van der Waals surface area (Å²) in [5.41, 5.74) is -4.84. The number of allylic oxidation sites excluding steroid dienone is 1. The van der Waals surface area contributed by atoms with Crippen LogP contribution in [0.4, 0.5) is 13.2 Å². The minimum atomic E-state index is -5.79. The number of benzene rings is 1. The van der Waals surface area contributed by atoms with E-state index in [4.69, 9.17) is 4.74 Å². The average Bonchev–Trinajstić information content (AvgIpc) is 2.52. The predicted octanol–water partition coefficient (Wildman–Crippen LogP) is 2.93. The van der Waals surface area contributed by atoms with Gasteiger partial charge in [0, 0.05) is 0 Å². The Hall–Kier alpha value is -1.87. The summed E-state index contributed by atoms with van der Waals surface area (Å²) in [6.45, 7) is -0.0569. The van der Waals surface area contributed by atoms with Gasteiger partial charge in [-0.2, -0.15) is 21.6 Å². The Morgan fingerprint density at radius 1 is 1.21 bits per heavy atom. The van der Waals surface area contributed by atoms with Crippen molar-refractivity contribution in [3.63, 3.8) is 0 Å². The number of carbonyl (C=O) groups excluding carboxylic acids is 1. The Balaban J connectivity index is 2.04. The van der Waals surface area contributed by atoms with Gasteiger partial charge in [0.2, 0.25) is 0 Å². The number of esters is 1. The fourth-order valence-corrected chi connectivity index (χ4v) is 2.79. The zero-order valence-corrected chi connectivity index (χ0v) is 13.2. The van der Waals surface area contributed by atoms with Crippen molar-refractivity contribution in [2.75, 3.05) is 0 Å². The zero-order valence-electron chi connectivity index (χ0n) is 12.4. The molecule has 1 aliphatic carbocycles. The summed E-state index contributed by atoms with van der Waals surface area (Å²) < 4.78 is 68.8. The second kappa shape index (κ2) is 7.35. The molecule has 0 amide bonds. The van der Waals surface area contributed by atoms with Crippen LogP contribution in [0.2, 0.25) is 0 Å². The van der Waals surface area contributed by atoms with E-state index in [1.807, 2.05) is 0 Å². The molecule has 1 aliphatic rings. The Kier molecular flexibility index (Phi) is 5.66. The van der Waals surface area contributed by atoms with Crippen LogP contribution in [0.3, 0.4) is 0 Å². The van der Waals surface area contributed by atoms with Gasteiger partial charge >= 0.3 is 21.6 Å². The average molecular weight is 364 g/mol. The zero-order chi connectivity index (χ0) is 17.8. The maximum Gasteiger partial charge on any atom is 0.523 e. The maximum atomic E-state index is 12.4. The van der Waals surface area contributed by atoms with Crippen molar-refractivity contribution in [2.45, 2.75) is 31.1 Å². The molecule has 0 aliphatic heterocycles. The minimum absolute atomic E-state index is 0.0569. The number of halogens is 3. The number of carbonyl (C=O) groups is 1. The van der Waals surface area contributed by atoms with Gasteiger partial charge in [0.1, 0.15) is 12.7 Å². The van der Waals surface area contributed by atoms with Crippen molar-refractivity contribution in [1.29, 1.82) is 0 Å². The minimum Gasteiger partial charge on any atom is -0.461 e. The number of hydrogen-bond acceptors (Lipinski definition) is 5. The van der Waals surface area contributed by atoms with E-state index in [1.165, 1.54) is 6.08 Å². The van der Waals surface area contributed by atoms with Crippen LogP contribution in [0.1, 0.15) is 18.4 Å². The fourth-order valence-electron chi connectivity index (χ4n) is 2.19. The van der Waals surface area contributed by atoms with Gasteiger partial charge in [0.15, 0.2) is 0 Å². The van der Waals surface area contributed by atoms with Crippen LogP contribution in [0.25, 0.3) is 0 Å². The first-order valence-corrected chi connectivity index (χ1v) is 8.48. The second-order valence-electron chi connectivity index (χ2n) is 5.17. The molecule has 0 radical (unpaired) electrons. The van der Waals surface area contributed by atoms with Crippen molar-refractivity contribution in [3.05, 3.63) is 48.0 Å². The Morgan fingerprint density at radius 2 is 1.88 bits per heavy atom. The van der Waals surface area contributed by atoms with Gasteiger partial charge in [-0.15, -0.1) is 0 Å². The Bertz CT molecular complexity index is 698. The van der Waals surface area contributed by atoms with Crippen LogP contribution >= 0.6 is 0 Å². The van der Waals surface area contributed by atoms with Gasteiger partial charge in [-0.25, -0.2) is 0 Å². The summed E-state index contributed by atoms with van der Waals surface area (Å²) in [7, 11) is -5.79. The van der Waals surface area contributed by atoms with Crippen molar-refractivity contribution >= 4 is 16.1 Å². The van der Waals surface area contributed by atoms with Crippen LogP contribution in [-0.2, 0) is 30.4 Å². The molecule has 2 unspecified atom stereocenters. The summed E-state index contributed by atoms with van der Waals surface area (Å²) in [5, 5.41) is 0. The number of alkyl halides is 3. The molecule has 9 heteroatoms. The van der Waals surface area contributed by atoms with E-state index < -0.39 is 33.6 Å². The molecule has 0 N–H and O–H groups in total. The highest BCUT2D eigenvalue weighted by Crippen LogP contribution is 2.31. The van der Waals surface area contributed by atoms with E-state index in [0.717, 1.165) is 6.08 Å². The van der Waals surface area contributed by atoms with Crippen molar-refractivity contribution in [3.8, 4) is 0 Å². The van der Waals surface area contributed by atoms with Gasteiger partial charge in [-0.1, -0.05) is 42.5 Å². The monoisotopic (exact) mass is 364 g/mol. The summed E-state index contributed by atoms with van der Waals surface area (Å²) in [6.07, 6.45) is 1.63. The Morgan fingerprint density at radius 3 is 2.50 bits per heavy atom. The largest absolute Gasteiger partial charge is 0.523 e. The fraction of sp³-hybridized carbons (Fsp3) is 0.400. The molecule has 1 aromatic carbocycles. The highest BCUT2D eigenvalue weighted by molar-refractivity contribution is 7.87. The lowest BCUT2D eigenvalue weighted by Crippen LogP contribution is -2.37. The standard InChI is InChI=1S/C15H15F3O5S/c16-15(17,18)24(20,21)23-13-9-5-4-8-12(13)14(19)22-10-11-6-2-1-3-7-11/h1-3,5-7,9,12-13H,4,8,10H2. The lowest BCUT2D eigenvalue weighted by molar-refractivity contribution is -0.153. The lowest BCUT2D eigenvalue weighted by Gasteiger charge is -2.25. The second-order valence-corrected chi connectivity index (χ2v) is 6.73.